The first-order chi connectivity index (χ1) is 15.8. The van der Waals surface area contributed by atoms with Gasteiger partial charge in [0.1, 0.15) is 0 Å². The Morgan fingerprint density at radius 1 is 0.879 bits per heavy atom. The fourth-order valence-electron chi connectivity index (χ4n) is 3.94. The summed E-state index contributed by atoms with van der Waals surface area (Å²) >= 11 is 0. The molecule has 0 radical (unpaired) electrons. The fourth-order valence-corrected chi connectivity index (χ4v) is 3.94. The summed E-state index contributed by atoms with van der Waals surface area (Å²) in [5, 5.41) is 0. The lowest BCUT2D eigenvalue weighted by atomic mass is 9.87. The Labute approximate surface area is 192 Å². The zero-order valence-electron chi connectivity index (χ0n) is 19.6. The van der Waals surface area contributed by atoms with Gasteiger partial charge in [0, 0.05) is 13.7 Å². The number of aromatic nitrogens is 4. The molecule has 0 fully saturated rings. The Kier molecular flexibility index (Phi) is 6.33. The highest BCUT2D eigenvalue weighted by molar-refractivity contribution is 5.70. The molecule has 0 atom stereocenters. The van der Waals surface area contributed by atoms with E-state index in [0.29, 0.717) is 30.9 Å². The quantitative estimate of drug-likeness (QED) is 0.436. The minimum atomic E-state index is -0.367. The third-order valence-corrected chi connectivity index (χ3v) is 5.86. The van der Waals surface area contributed by atoms with Gasteiger partial charge in [-0.1, -0.05) is 75.4 Å². The van der Waals surface area contributed by atoms with Gasteiger partial charge in [-0.3, -0.25) is 13.9 Å². The van der Waals surface area contributed by atoms with E-state index in [1.54, 1.807) is 22.6 Å². The van der Waals surface area contributed by atoms with Gasteiger partial charge in [-0.2, -0.15) is 0 Å². The van der Waals surface area contributed by atoms with Crippen molar-refractivity contribution in [3.8, 4) is 0 Å². The van der Waals surface area contributed by atoms with E-state index < -0.39 is 0 Å². The lowest BCUT2D eigenvalue weighted by Crippen LogP contribution is -2.41. The molecule has 0 aliphatic heterocycles. The second-order valence-electron chi connectivity index (χ2n) is 9.30. The maximum Gasteiger partial charge on any atom is 0.333 e. The Morgan fingerprint density at radius 3 is 2.15 bits per heavy atom. The molecule has 0 aliphatic rings. The predicted molar refractivity (Wildman–Crippen MR) is 130 cm³/mol. The Balaban J connectivity index is 1.84. The number of fused-ring (bicyclic) bond motifs is 1. The minimum absolute atomic E-state index is 0.0323. The van der Waals surface area contributed by atoms with Crippen LogP contribution >= 0.6 is 0 Å². The monoisotopic (exact) mass is 446 g/mol. The lowest BCUT2D eigenvalue weighted by molar-refractivity contribution is 0.188. The number of hydrogen-bond acceptors (Lipinski definition) is 4. The number of methoxy groups -OCH3 is 1. The van der Waals surface area contributed by atoms with Gasteiger partial charge in [-0.25, -0.2) is 9.78 Å². The van der Waals surface area contributed by atoms with Crippen LogP contribution in [0.15, 0.2) is 70.5 Å². The molecule has 7 nitrogen and oxygen atoms in total. The summed E-state index contributed by atoms with van der Waals surface area (Å²) in [6, 6.07) is 17.8. The molecule has 4 aromatic rings. The van der Waals surface area contributed by atoms with Crippen LogP contribution in [0.5, 0.6) is 0 Å². The van der Waals surface area contributed by atoms with Gasteiger partial charge in [-0.15, -0.1) is 0 Å². The highest BCUT2D eigenvalue weighted by Gasteiger charge is 2.19. The smallest absolute Gasteiger partial charge is 0.333 e. The Hall–Kier alpha value is -3.45. The largest absolute Gasteiger partial charge is 0.383 e. The summed E-state index contributed by atoms with van der Waals surface area (Å²) in [6.45, 7) is 7.92. The van der Waals surface area contributed by atoms with Gasteiger partial charge >= 0.3 is 5.69 Å². The van der Waals surface area contributed by atoms with Crippen molar-refractivity contribution >= 4 is 11.2 Å². The molecule has 2 aromatic carbocycles. The van der Waals surface area contributed by atoms with Crippen molar-refractivity contribution in [3.05, 3.63) is 98.5 Å². The number of ether oxygens (including phenoxy) is 1. The van der Waals surface area contributed by atoms with Crippen LogP contribution in [0.2, 0.25) is 0 Å². The molecule has 33 heavy (non-hydrogen) atoms. The average molecular weight is 447 g/mol. The maximum atomic E-state index is 13.5. The van der Waals surface area contributed by atoms with Gasteiger partial charge in [0.2, 0.25) is 0 Å². The van der Waals surface area contributed by atoms with Crippen molar-refractivity contribution in [2.45, 2.75) is 45.8 Å². The summed E-state index contributed by atoms with van der Waals surface area (Å²) in [4.78, 5) is 31.4. The van der Waals surface area contributed by atoms with Crippen molar-refractivity contribution in [2.24, 2.45) is 0 Å². The van der Waals surface area contributed by atoms with E-state index in [9.17, 15) is 9.59 Å². The normalized spacial score (nSPS) is 11.9. The number of rotatable bonds is 7. The minimum Gasteiger partial charge on any atom is -0.383 e. The molecule has 4 rings (SSSR count). The standard InChI is InChI=1S/C26H30N4O3/c1-26(2,3)21-12-10-20(11-13-21)17-30-24(31)22-23(27-18-28(22)14-15-33-4)29(25(30)32)16-19-8-6-5-7-9-19/h5-13,18H,14-17H2,1-4H3. The van der Waals surface area contributed by atoms with Crippen LogP contribution in [0, 0.1) is 0 Å². The number of imidazole rings is 1. The number of benzene rings is 2. The topological polar surface area (TPSA) is 71.1 Å². The predicted octanol–water partition coefficient (Wildman–Crippen LogP) is 3.40. The molecule has 0 saturated heterocycles. The average Bonchev–Trinajstić information content (AvgIpc) is 3.22. The lowest BCUT2D eigenvalue weighted by Gasteiger charge is -2.19. The van der Waals surface area contributed by atoms with E-state index in [1.165, 1.54) is 10.1 Å². The van der Waals surface area contributed by atoms with Crippen LogP contribution in [0.3, 0.4) is 0 Å². The van der Waals surface area contributed by atoms with Gasteiger partial charge in [0.25, 0.3) is 5.56 Å². The van der Waals surface area contributed by atoms with Crippen molar-refractivity contribution in [1.29, 1.82) is 0 Å². The van der Waals surface area contributed by atoms with Crippen LogP contribution < -0.4 is 11.2 Å². The zero-order chi connectivity index (χ0) is 23.6. The molecule has 0 spiro atoms. The number of nitrogens with zero attached hydrogens (tertiary/aromatic N) is 4. The summed E-state index contributed by atoms with van der Waals surface area (Å²) in [5.41, 5.74) is 3.19. The van der Waals surface area contributed by atoms with Crippen LogP contribution in [-0.2, 0) is 29.8 Å². The van der Waals surface area contributed by atoms with E-state index in [4.69, 9.17) is 4.74 Å². The van der Waals surface area contributed by atoms with E-state index in [-0.39, 0.29) is 23.2 Å². The molecule has 172 valence electrons. The maximum absolute atomic E-state index is 13.5. The first kappa shape index (κ1) is 22.7. The highest BCUT2D eigenvalue weighted by atomic mass is 16.5. The van der Waals surface area contributed by atoms with Crippen molar-refractivity contribution in [2.75, 3.05) is 13.7 Å². The molecule has 0 unspecified atom stereocenters. The molecule has 2 heterocycles. The van der Waals surface area contributed by atoms with Crippen molar-refractivity contribution in [1.82, 2.24) is 18.7 Å². The Bertz CT molecular complexity index is 1360. The Morgan fingerprint density at radius 2 is 1.52 bits per heavy atom. The molecular weight excluding hydrogens is 416 g/mol. The van der Waals surface area contributed by atoms with Crippen molar-refractivity contribution in [3.63, 3.8) is 0 Å². The first-order valence-corrected chi connectivity index (χ1v) is 11.1. The second-order valence-corrected chi connectivity index (χ2v) is 9.30. The summed E-state index contributed by atoms with van der Waals surface area (Å²) in [7, 11) is 1.62. The molecule has 2 aromatic heterocycles. The zero-order valence-corrected chi connectivity index (χ0v) is 19.6. The highest BCUT2D eigenvalue weighted by Crippen LogP contribution is 2.22. The van der Waals surface area contributed by atoms with E-state index in [0.717, 1.165) is 11.1 Å². The van der Waals surface area contributed by atoms with Crippen LogP contribution in [0.25, 0.3) is 11.2 Å². The van der Waals surface area contributed by atoms with Crippen LogP contribution in [0.4, 0.5) is 0 Å². The van der Waals surface area contributed by atoms with Crippen molar-refractivity contribution < 1.29 is 4.74 Å². The number of hydrogen-bond donors (Lipinski definition) is 0. The second kappa shape index (κ2) is 9.19. The molecular formula is C26H30N4O3. The molecule has 0 saturated carbocycles. The molecule has 7 heteroatoms. The SMILES string of the molecule is COCCn1cnc2c1c(=O)n(Cc1ccc(C(C)(C)C)cc1)c(=O)n2Cc1ccccc1. The summed E-state index contributed by atoms with van der Waals surface area (Å²) in [5.74, 6) is 0. The van der Waals surface area contributed by atoms with E-state index in [2.05, 4.69) is 37.9 Å². The van der Waals surface area contributed by atoms with Gasteiger partial charge < -0.3 is 9.30 Å². The van der Waals surface area contributed by atoms with Gasteiger partial charge in [-0.05, 0) is 22.1 Å². The third-order valence-electron chi connectivity index (χ3n) is 5.86. The van der Waals surface area contributed by atoms with Crippen LogP contribution in [-0.4, -0.2) is 32.4 Å². The van der Waals surface area contributed by atoms with Gasteiger partial charge in [0.15, 0.2) is 11.2 Å². The van der Waals surface area contributed by atoms with E-state index in [1.807, 2.05) is 42.5 Å². The summed E-state index contributed by atoms with van der Waals surface area (Å²) in [6.07, 6.45) is 1.61. The van der Waals surface area contributed by atoms with Crippen LogP contribution in [0.1, 0.15) is 37.5 Å². The fraction of sp³-hybridized carbons (Fsp3) is 0.346. The van der Waals surface area contributed by atoms with E-state index >= 15 is 0 Å². The summed E-state index contributed by atoms with van der Waals surface area (Å²) < 4.78 is 9.85. The molecule has 0 aliphatic carbocycles. The molecule has 0 N–H and O–H groups in total. The molecule has 0 bridgehead atoms. The third kappa shape index (κ3) is 4.68. The van der Waals surface area contributed by atoms with Gasteiger partial charge in [0.05, 0.1) is 26.0 Å². The molecule has 0 amide bonds. The first-order valence-electron chi connectivity index (χ1n) is 11.1.